The molecule has 0 heterocycles. The Labute approximate surface area is 81.3 Å². The van der Waals surface area contributed by atoms with Gasteiger partial charge in [0, 0.05) is 5.41 Å². The summed E-state index contributed by atoms with van der Waals surface area (Å²) in [7, 11) is -4.06. The van der Waals surface area contributed by atoms with Crippen molar-refractivity contribution in [2.75, 3.05) is 0 Å². The van der Waals surface area contributed by atoms with Gasteiger partial charge in [0.25, 0.3) is 5.12 Å². The summed E-state index contributed by atoms with van der Waals surface area (Å²) >= 11 is 0. The molecular weight excluding hydrogens is 210 g/mol. The van der Waals surface area contributed by atoms with Gasteiger partial charge in [-0.15, -0.1) is 0 Å². The molecule has 0 unspecified atom stereocenters. The zero-order valence-corrected chi connectivity index (χ0v) is 8.32. The van der Waals surface area contributed by atoms with Gasteiger partial charge >= 0.3 is 5.97 Å². The van der Waals surface area contributed by atoms with Crippen LogP contribution in [0.4, 0.5) is 0 Å². The lowest BCUT2D eigenvalue weighted by molar-refractivity contribution is -0.138. The van der Waals surface area contributed by atoms with Gasteiger partial charge in [0.05, 0.1) is 12.5 Å². The highest BCUT2D eigenvalue weighted by molar-refractivity contribution is 8.08. The number of carbonyl (C=O) groups excluding carboxylic acids is 1. The Morgan fingerprint density at radius 2 is 2.00 bits per heavy atom. The first-order valence-corrected chi connectivity index (χ1v) is 5.25. The van der Waals surface area contributed by atoms with E-state index in [4.69, 9.17) is 10.8 Å². The molecule has 0 aliphatic heterocycles. The van der Waals surface area contributed by atoms with Gasteiger partial charge in [-0.25, -0.2) is 8.42 Å². The van der Waals surface area contributed by atoms with Gasteiger partial charge in [0.1, 0.15) is 0 Å². The molecule has 0 amide bonds. The van der Waals surface area contributed by atoms with Crippen LogP contribution in [0.2, 0.25) is 0 Å². The van der Waals surface area contributed by atoms with Crippen LogP contribution in [0.1, 0.15) is 13.3 Å². The molecule has 6 nitrogen and oxygen atoms in total. The maximum absolute atomic E-state index is 11.1. The first-order chi connectivity index (χ1) is 6.31. The minimum atomic E-state index is -4.06. The average molecular weight is 221 g/mol. The molecule has 0 fully saturated rings. The molecule has 0 aromatic carbocycles. The van der Waals surface area contributed by atoms with Gasteiger partial charge in [-0.2, -0.15) is 0 Å². The third kappa shape index (κ3) is 3.67. The third-order valence-electron chi connectivity index (χ3n) is 1.29. The normalized spacial score (nSPS) is 14.1. The van der Waals surface area contributed by atoms with Crippen LogP contribution in [-0.4, -0.2) is 30.7 Å². The Bertz CT molecular complexity index is 356. The molecule has 0 saturated carbocycles. The van der Waals surface area contributed by atoms with Crippen LogP contribution in [0.5, 0.6) is 0 Å². The van der Waals surface area contributed by atoms with Crippen molar-refractivity contribution >= 4 is 20.9 Å². The number of carboxylic acid groups (broad SMARTS) is 1. The van der Waals surface area contributed by atoms with Gasteiger partial charge in [-0.05, 0) is 6.92 Å². The lowest BCUT2D eigenvalue weighted by atomic mass is 10.2. The summed E-state index contributed by atoms with van der Waals surface area (Å²) < 4.78 is 22.1. The lowest BCUT2D eigenvalue weighted by Gasteiger charge is -2.05. The fourth-order valence-corrected chi connectivity index (χ4v) is 1.73. The second-order valence-corrected chi connectivity index (χ2v) is 4.30. The van der Waals surface area contributed by atoms with Crippen molar-refractivity contribution in [3.8, 4) is 0 Å². The van der Waals surface area contributed by atoms with E-state index in [1.54, 1.807) is 0 Å². The predicted molar refractivity (Wildman–Crippen MR) is 49.0 cm³/mol. The highest BCUT2D eigenvalue weighted by Crippen LogP contribution is 2.01. The molecule has 0 rings (SSSR count). The summed E-state index contributed by atoms with van der Waals surface area (Å²) in [5.41, 5.74) is 5.09. The standard InChI is InChI=1S/C7H11NO5S/c1-2-3-14(12,13)7(11)5(8)4-6(9)10/h2-3,5H,4,8H2,1H3,(H,9,10)/t5-/m0/s1. The van der Waals surface area contributed by atoms with Crippen molar-refractivity contribution in [3.63, 3.8) is 0 Å². The molecule has 80 valence electrons. The smallest absolute Gasteiger partial charge is 0.305 e. The molecule has 0 radical (unpaired) electrons. The van der Waals surface area contributed by atoms with Gasteiger partial charge < -0.3 is 10.8 Å². The summed E-state index contributed by atoms with van der Waals surface area (Å²) in [6.45, 7) is 1.42. The maximum atomic E-state index is 11.1. The molecular formula is C7H11NO5S. The summed E-state index contributed by atoms with van der Waals surface area (Å²) in [5.74, 6) is -1.32. The fourth-order valence-electron chi connectivity index (χ4n) is 0.729. The van der Waals surface area contributed by atoms with Crippen molar-refractivity contribution in [2.24, 2.45) is 5.73 Å². The second-order valence-electron chi connectivity index (χ2n) is 2.54. The minimum absolute atomic E-state index is 0.692. The van der Waals surface area contributed by atoms with Crippen LogP contribution < -0.4 is 5.73 Å². The monoisotopic (exact) mass is 221 g/mol. The number of hydrogen-bond acceptors (Lipinski definition) is 5. The van der Waals surface area contributed by atoms with E-state index in [0.717, 1.165) is 0 Å². The average Bonchev–Trinajstić information content (AvgIpc) is 2.01. The van der Waals surface area contributed by atoms with Crippen molar-refractivity contribution in [3.05, 3.63) is 11.5 Å². The van der Waals surface area contributed by atoms with Crippen molar-refractivity contribution < 1.29 is 23.1 Å². The van der Waals surface area contributed by atoms with E-state index in [9.17, 15) is 18.0 Å². The van der Waals surface area contributed by atoms with Crippen LogP contribution in [0.3, 0.4) is 0 Å². The van der Waals surface area contributed by atoms with Gasteiger partial charge in [0.2, 0.25) is 9.84 Å². The number of sulfone groups is 1. The largest absolute Gasteiger partial charge is 0.481 e. The fraction of sp³-hybridized carbons (Fsp3) is 0.429. The topological polar surface area (TPSA) is 115 Å². The number of nitrogens with two attached hydrogens (primary N) is 1. The molecule has 7 heteroatoms. The highest BCUT2D eigenvalue weighted by atomic mass is 32.2. The maximum Gasteiger partial charge on any atom is 0.305 e. The van der Waals surface area contributed by atoms with Crippen molar-refractivity contribution in [1.82, 2.24) is 0 Å². The van der Waals surface area contributed by atoms with Crippen molar-refractivity contribution in [1.29, 1.82) is 0 Å². The quantitative estimate of drug-likeness (QED) is 0.646. The molecule has 1 atom stereocenters. The zero-order chi connectivity index (χ0) is 11.4. The Balaban J connectivity index is 4.71. The van der Waals surface area contributed by atoms with E-state index in [2.05, 4.69) is 0 Å². The molecule has 0 aromatic rings. The lowest BCUT2D eigenvalue weighted by Crippen LogP contribution is -2.36. The van der Waals surface area contributed by atoms with Gasteiger partial charge in [-0.1, -0.05) is 6.08 Å². The Kier molecular flexibility index (Phi) is 4.45. The molecule has 0 bridgehead atoms. The molecule has 14 heavy (non-hydrogen) atoms. The Morgan fingerprint density at radius 3 is 2.36 bits per heavy atom. The number of aliphatic carboxylic acids is 1. The number of allylic oxidation sites excluding steroid dienone is 1. The SMILES string of the molecule is CC=CS(=O)(=O)C(=O)[C@@H](N)CC(=O)O. The molecule has 3 N–H and O–H groups in total. The molecule has 0 spiro atoms. The number of rotatable bonds is 4. The van der Waals surface area contributed by atoms with Crippen LogP contribution in [0.15, 0.2) is 11.5 Å². The van der Waals surface area contributed by atoms with Crippen molar-refractivity contribution in [2.45, 2.75) is 19.4 Å². The van der Waals surface area contributed by atoms with Crippen LogP contribution in [0, 0.1) is 0 Å². The van der Waals surface area contributed by atoms with E-state index in [0.29, 0.717) is 5.41 Å². The number of carboxylic acids is 1. The van der Waals surface area contributed by atoms with E-state index in [1.807, 2.05) is 0 Å². The predicted octanol–water partition coefficient (Wildman–Crippen LogP) is -0.737. The Morgan fingerprint density at radius 1 is 1.50 bits per heavy atom. The molecule has 0 aromatic heterocycles. The van der Waals surface area contributed by atoms with Crippen LogP contribution >= 0.6 is 0 Å². The molecule has 0 aliphatic rings. The van der Waals surface area contributed by atoms with E-state index in [1.165, 1.54) is 13.0 Å². The van der Waals surface area contributed by atoms with E-state index in [-0.39, 0.29) is 0 Å². The summed E-state index contributed by atoms with van der Waals surface area (Å²) in [4.78, 5) is 21.2. The molecule has 0 saturated heterocycles. The second kappa shape index (κ2) is 4.87. The van der Waals surface area contributed by atoms with Crippen LogP contribution in [-0.2, 0) is 19.4 Å². The first kappa shape index (κ1) is 12.8. The van der Waals surface area contributed by atoms with Crippen LogP contribution in [0.25, 0.3) is 0 Å². The van der Waals surface area contributed by atoms with E-state index < -0.39 is 33.4 Å². The summed E-state index contributed by atoms with van der Waals surface area (Å²) in [6, 6.07) is -1.52. The number of hydrogen-bond donors (Lipinski definition) is 2. The summed E-state index contributed by atoms with van der Waals surface area (Å²) in [6.07, 6.45) is 0.469. The third-order valence-corrected chi connectivity index (χ3v) is 2.79. The van der Waals surface area contributed by atoms with E-state index >= 15 is 0 Å². The Hall–Kier alpha value is -1.21. The molecule has 0 aliphatic carbocycles. The zero-order valence-electron chi connectivity index (χ0n) is 7.50. The minimum Gasteiger partial charge on any atom is -0.481 e. The number of carbonyl (C=O) groups is 2. The van der Waals surface area contributed by atoms with Gasteiger partial charge in [-0.3, -0.25) is 9.59 Å². The summed E-state index contributed by atoms with van der Waals surface area (Å²) in [5, 5.41) is 7.70. The highest BCUT2D eigenvalue weighted by Gasteiger charge is 2.27. The first-order valence-electron chi connectivity index (χ1n) is 3.70. The van der Waals surface area contributed by atoms with Gasteiger partial charge in [0.15, 0.2) is 0 Å².